The smallest absolute Gasteiger partial charge is 0.254 e. The summed E-state index contributed by atoms with van der Waals surface area (Å²) >= 11 is 0. The van der Waals surface area contributed by atoms with E-state index in [0.29, 0.717) is 19.0 Å². The SMILES string of the molecule is Cc1c(F)cc(S(N)(=O)=O)cc1C(=O)N1CC(Cc2ccoc2)C1. The Balaban J connectivity index is 1.75. The third kappa shape index (κ3) is 3.20. The molecule has 1 aliphatic heterocycles. The van der Waals surface area contributed by atoms with E-state index >= 15 is 0 Å². The molecule has 1 aromatic heterocycles. The van der Waals surface area contributed by atoms with Crippen LogP contribution >= 0.6 is 0 Å². The third-order valence-electron chi connectivity index (χ3n) is 4.23. The average Bonchev–Trinajstić information content (AvgIpc) is 2.96. The molecule has 8 heteroatoms. The lowest BCUT2D eigenvalue weighted by Crippen LogP contribution is -2.50. The van der Waals surface area contributed by atoms with Crippen molar-refractivity contribution in [2.75, 3.05) is 13.1 Å². The fourth-order valence-electron chi connectivity index (χ4n) is 2.82. The standard InChI is InChI=1S/C16H17FN2O4S/c1-10-14(5-13(6-15(10)17)24(18,21)22)16(20)19-7-12(8-19)4-11-2-3-23-9-11/h2-3,5-6,9,12H,4,7-8H2,1H3,(H2,18,21,22). The zero-order valence-electron chi connectivity index (χ0n) is 13.0. The molecule has 0 atom stereocenters. The molecule has 0 radical (unpaired) electrons. The number of halogens is 1. The molecular weight excluding hydrogens is 335 g/mol. The molecule has 1 fully saturated rings. The molecule has 0 aliphatic carbocycles. The second-order valence-electron chi connectivity index (χ2n) is 6.03. The number of carbonyl (C=O) groups is 1. The van der Waals surface area contributed by atoms with Gasteiger partial charge in [-0.15, -0.1) is 0 Å². The molecule has 2 heterocycles. The summed E-state index contributed by atoms with van der Waals surface area (Å²) in [5, 5.41) is 5.04. The summed E-state index contributed by atoms with van der Waals surface area (Å²) in [5.74, 6) is -0.848. The predicted octanol–water partition coefficient (Wildman–Crippen LogP) is 1.69. The third-order valence-corrected chi connectivity index (χ3v) is 5.12. The van der Waals surface area contributed by atoms with Crippen LogP contribution in [0.3, 0.4) is 0 Å². The minimum atomic E-state index is -4.08. The van der Waals surface area contributed by atoms with Crippen LogP contribution in [0.1, 0.15) is 21.5 Å². The Bertz CT molecular complexity index is 872. The van der Waals surface area contributed by atoms with Crippen molar-refractivity contribution < 1.29 is 22.0 Å². The Kier molecular flexibility index (Phi) is 4.18. The van der Waals surface area contributed by atoms with Gasteiger partial charge in [-0.1, -0.05) is 0 Å². The summed E-state index contributed by atoms with van der Waals surface area (Å²) in [7, 11) is -4.08. The highest BCUT2D eigenvalue weighted by Crippen LogP contribution is 2.26. The molecule has 6 nitrogen and oxygen atoms in total. The first-order valence-electron chi connectivity index (χ1n) is 7.39. The van der Waals surface area contributed by atoms with Crippen LogP contribution < -0.4 is 5.14 Å². The second kappa shape index (κ2) is 6.03. The van der Waals surface area contributed by atoms with Gasteiger partial charge in [-0.05, 0) is 48.6 Å². The summed E-state index contributed by atoms with van der Waals surface area (Å²) in [5.41, 5.74) is 1.21. The zero-order valence-corrected chi connectivity index (χ0v) is 13.8. The molecule has 1 aromatic carbocycles. The maximum absolute atomic E-state index is 13.9. The molecular formula is C16H17FN2O4S. The Morgan fingerprint density at radius 1 is 1.42 bits per heavy atom. The van der Waals surface area contributed by atoms with Crippen molar-refractivity contribution in [1.82, 2.24) is 4.90 Å². The van der Waals surface area contributed by atoms with E-state index in [9.17, 15) is 17.6 Å². The predicted molar refractivity (Wildman–Crippen MR) is 84.3 cm³/mol. The topological polar surface area (TPSA) is 93.6 Å². The second-order valence-corrected chi connectivity index (χ2v) is 7.60. The Morgan fingerprint density at radius 3 is 2.71 bits per heavy atom. The van der Waals surface area contributed by atoms with Crippen LogP contribution in [-0.2, 0) is 16.4 Å². The quantitative estimate of drug-likeness (QED) is 0.906. The largest absolute Gasteiger partial charge is 0.472 e. The number of benzene rings is 1. The van der Waals surface area contributed by atoms with Gasteiger partial charge in [-0.25, -0.2) is 17.9 Å². The molecule has 0 unspecified atom stereocenters. The van der Waals surface area contributed by atoms with Gasteiger partial charge in [0.15, 0.2) is 0 Å². The van der Waals surface area contributed by atoms with Crippen LogP contribution in [0.25, 0.3) is 0 Å². The molecule has 1 amide bonds. The summed E-state index contributed by atoms with van der Waals surface area (Å²) in [6, 6.07) is 3.85. The van der Waals surface area contributed by atoms with Crippen molar-refractivity contribution in [2.24, 2.45) is 11.1 Å². The van der Waals surface area contributed by atoms with Gasteiger partial charge in [0.2, 0.25) is 10.0 Å². The van der Waals surface area contributed by atoms with E-state index in [2.05, 4.69) is 0 Å². The van der Waals surface area contributed by atoms with Crippen molar-refractivity contribution in [1.29, 1.82) is 0 Å². The Morgan fingerprint density at radius 2 is 2.12 bits per heavy atom. The fourth-order valence-corrected chi connectivity index (χ4v) is 3.37. The monoisotopic (exact) mass is 352 g/mol. The summed E-state index contributed by atoms with van der Waals surface area (Å²) in [6.45, 7) is 2.51. The first kappa shape index (κ1) is 16.7. The first-order valence-corrected chi connectivity index (χ1v) is 8.93. The number of primary sulfonamides is 1. The van der Waals surface area contributed by atoms with E-state index in [-0.39, 0.29) is 17.0 Å². The number of nitrogens with zero attached hydrogens (tertiary/aromatic N) is 1. The van der Waals surface area contributed by atoms with Crippen LogP contribution in [0.15, 0.2) is 40.0 Å². The van der Waals surface area contributed by atoms with Crippen molar-refractivity contribution >= 4 is 15.9 Å². The van der Waals surface area contributed by atoms with Crippen LogP contribution in [0.4, 0.5) is 4.39 Å². The van der Waals surface area contributed by atoms with E-state index in [1.54, 1.807) is 17.4 Å². The highest BCUT2D eigenvalue weighted by molar-refractivity contribution is 7.89. The van der Waals surface area contributed by atoms with Gasteiger partial charge in [-0.3, -0.25) is 4.79 Å². The number of nitrogens with two attached hydrogens (primary N) is 1. The average molecular weight is 352 g/mol. The number of sulfonamides is 1. The molecule has 2 N–H and O–H groups in total. The lowest BCUT2D eigenvalue weighted by molar-refractivity contribution is 0.0499. The van der Waals surface area contributed by atoms with Crippen LogP contribution in [-0.4, -0.2) is 32.3 Å². The number of rotatable bonds is 4. The normalized spacial score (nSPS) is 15.4. The van der Waals surface area contributed by atoms with Gasteiger partial charge in [0.1, 0.15) is 5.82 Å². The number of amides is 1. The maximum Gasteiger partial charge on any atom is 0.254 e. The minimum absolute atomic E-state index is 0.0285. The molecule has 0 spiro atoms. The zero-order chi connectivity index (χ0) is 17.5. The van der Waals surface area contributed by atoms with Gasteiger partial charge in [0.25, 0.3) is 5.91 Å². The van der Waals surface area contributed by atoms with E-state index < -0.39 is 20.7 Å². The first-order chi connectivity index (χ1) is 11.3. The van der Waals surface area contributed by atoms with Gasteiger partial charge >= 0.3 is 0 Å². The Labute approximate surface area is 139 Å². The summed E-state index contributed by atoms with van der Waals surface area (Å²) in [4.78, 5) is 13.7. The van der Waals surface area contributed by atoms with Crippen LogP contribution in [0.2, 0.25) is 0 Å². The van der Waals surface area contributed by atoms with E-state index in [1.807, 2.05) is 6.07 Å². The number of likely N-dealkylation sites (tertiary alicyclic amines) is 1. The summed E-state index contributed by atoms with van der Waals surface area (Å²) < 4.78 is 41.8. The summed E-state index contributed by atoms with van der Waals surface area (Å²) in [6.07, 6.45) is 4.06. The molecule has 128 valence electrons. The Hall–Kier alpha value is -2.19. The molecule has 0 saturated carbocycles. The molecule has 1 saturated heterocycles. The van der Waals surface area contributed by atoms with Crippen molar-refractivity contribution in [3.8, 4) is 0 Å². The number of hydrogen-bond donors (Lipinski definition) is 1. The van der Waals surface area contributed by atoms with E-state index in [1.165, 1.54) is 6.92 Å². The molecule has 3 rings (SSSR count). The van der Waals surface area contributed by atoms with E-state index in [4.69, 9.17) is 9.56 Å². The van der Waals surface area contributed by atoms with Gasteiger partial charge < -0.3 is 9.32 Å². The lowest BCUT2D eigenvalue weighted by Gasteiger charge is -2.39. The van der Waals surface area contributed by atoms with E-state index in [0.717, 1.165) is 24.1 Å². The van der Waals surface area contributed by atoms with Crippen LogP contribution in [0.5, 0.6) is 0 Å². The van der Waals surface area contributed by atoms with Gasteiger partial charge in [0, 0.05) is 18.7 Å². The number of hydrogen-bond acceptors (Lipinski definition) is 4. The molecule has 24 heavy (non-hydrogen) atoms. The highest BCUT2D eigenvalue weighted by atomic mass is 32.2. The van der Waals surface area contributed by atoms with Crippen molar-refractivity contribution in [3.05, 3.63) is 53.2 Å². The minimum Gasteiger partial charge on any atom is -0.472 e. The van der Waals surface area contributed by atoms with Crippen molar-refractivity contribution in [2.45, 2.75) is 18.2 Å². The molecule has 2 aromatic rings. The molecule has 0 bridgehead atoms. The number of furan rings is 1. The van der Waals surface area contributed by atoms with Crippen molar-refractivity contribution in [3.63, 3.8) is 0 Å². The number of carbonyl (C=O) groups excluding carboxylic acids is 1. The highest BCUT2D eigenvalue weighted by Gasteiger charge is 2.33. The maximum atomic E-state index is 13.9. The molecule has 1 aliphatic rings. The fraction of sp³-hybridized carbons (Fsp3) is 0.312. The van der Waals surface area contributed by atoms with Crippen LogP contribution in [0, 0.1) is 18.7 Å². The van der Waals surface area contributed by atoms with Gasteiger partial charge in [0.05, 0.1) is 17.4 Å². The lowest BCUT2D eigenvalue weighted by atomic mass is 9.92. The van der Waals surface area contributed by atoms with Gasteiger partial charge in [-0.2, -0.15) is 0 Å².